The largest absolute Gasteiger partial charge is 0.241 e. The van der Waals surface area contributed by atoms with Crippen LogP contribution in [0.15, 0.2) is 12.3 Å². The number of aromatic nitrogens is 2. The number of hydrogen-bond donors (Lipinski definition) is 0. The predicted octanol–water partition coefficient (Wildman–Crippen LogP) is 1.74. The maximum absolute atomic E-state index is 4.35. The van der Waals surface area contributed by atoms with Crippen molar-refractivity contribution in [3.8, 4) is 0 Å². The molecule has 0 spiro atoms. The van der Waals surface area contributed by atoms with Crippen molar-refractivity contribution in [3.05, 3.63) is 29.4 Å². The van der Waals surface area contributed by atoms with Gasteiger partial charge in [0.05, 0.1) is 5.69 Å². The van der Waals surface area contributed by atoms with Crippen molar-refractivity contribution in [2.75, 3.05) is 0 Å². The highest BCUT2D eigenvalue weighted by atomic mass is 14.9. The van der Waals surface area contributed by atoms with Crippen LogP contribution < -0.4 is 0 Å². The molecule has 0 aliphatic heterocycles. The molecule has 0 saturated heterocycles. The number of allylic oxidation sites excluding steroid dienone is 1. The molecule has 0 amide bonds. The van der Waals surface area contributed by atoms with E-state index >= 15 is 0 Å². The fraction of sp³-hybridized carbons (Fsp3) is 0.333. The Hall–Kier alpha value is -1.18. The van der Waals surface area contributed by atoms with Gasteiger partial charge in [0.15, 0.2) is 0 Å². The Morgan fingerprint density at radius 1 is 1.45 bits per heavy atom. The second-order valence-corrected chi connectivity index (χ2v) is 2.76. The van der Waals surface area contributed by atoms with Crippen LogP contribution in [0.1, 0.15) is 23.5 Å². The van der Waals surface area contributed by atoms with Gasteiger partial charge in [-0.25, -0.2) is 9.97 Å². The number of nitrogens with zero attached hydrogens (tertiary/aromatic N) is 2. The molecule has 0 bridgehead atoms. The first kappa shape index (κ1) is 6.53. The molecule has 1 aromatic rings. The zero-order valence-electron chi connectivity index (χ0n) is 6.54. The molecule has 1 aromatic heterocycles. The summed E-state index contributed by atoms with van der Waals surface area (Å²) in [5.74, 6) is 0.874. The summed E-state index contributed by atoms with van der Waals surface area (Å²) in [6.45, 7) is 1.93. The average molecular weight is 146 g/mol. The summed E-state index contributed by atoms with van der Waals surface area (Å²) >= 11 is 0. The molecule has 0 N–H and O–H groups in total. The smallest absolute Gasteiger partial charge is 0.125 e. The zero-order chi connectivity index (χ0) is 7.68. The maximum Gasteiger partial charge on any atom is 0.125 e. The van der Waals surface area contributed by atoms with Crippen molar-refractivity contribution in [3.63, 3.8) is 0 Å². The van der Waals surface area contributed by atoms with Crippen molar-refractivity contribution in [1.29, 1.82) is 0 Å². The van der Waals surface area contributed by atoms with E-state index in [2.05, 4.69) is 22.1 Å². The SMILES string of the molecule is Cc1ncc2c(n1)CCC=C2. The lowest BCUT2D eigenvalue weighted by Crippen LogP contribution is -2.00. The minimum atomic E-state index is 0.874. The Morgan fingerprint density at radius 2 is 2.36 bits per heavy atom. The first-order valence-electron chi connectivity index (χ1n) is 3.85. The van der Waals surface area contributed by atoms with E-state index in [-0.39, 0.29) is 0 Å². The predicted molar refractivity (Wildman–Crippen MR) is 44.1 cm³/mol. The molecule has 2 nitrogen and oxygen atoms in total. The van der Waals surface area contributed by atoms with Crippen molar-refractivity contribution in [1.82, 2.24) is 9.97 Å². The van der Waals surface area contributed by atoms with Gasteiger partial charge in [0.1, 0.15) is 5.82 Å². The maximum atomic E-state index is 4.35. The quantitative estimate of drug-likeness (QED) is 0.557. The molecule has 0 fully saturated rings. The second-order valence-electron chi connectivity index (χ2n) is 2.76. The summed E-state index contributed by atoms with van der Waals surface area (Å²) in [5.41, 5.74) is 2.38. The third kappa shape index (κ3) is 1.16. The standard InChI is InChI=1S/C9H10N2/c1-7-10-6-8-4-2-3-5-9(8)11-7/h2,4,6H,3,5H2,1H3. The summed E-state index contributed by atoms with van der Waals surface area (Å²) in [6, 6.07) is 0. The molecule has 0 aromatic carbocycles. The van der Waals surface area contributed by atoms with E-state index in [0.29, 0.717) is 0 Å². The third-order valence-corrected chi connectivity index (χ3v) is 1.87. The van der Waals surface area contributed by atoms with Gasteiger partial charge in [0.2, 0.25) is 0 Å². The van der Waals surface area contributed by atoms with E-state index in [1.54, 1.807) is 0 Å². The van der Waals surface area contributed by atoms with E-state index in [4.69, 9.17) is 0 Å². The first-order chi connectivity index (χ1) is 5.36. The van der Waals surface area contributed by atoms with Crippen LogP contribution in [-0.2, 0) is 6.42 Å². The highest BCUT2D eigenvalue weighted by Gasteiger charge is 2.05. The highest BCUT2D eigenvalue weighted by molar-refractivity contribution is 5.52. The van der Waals surface area contributed by atoms with Gasteiger partial charge in [-0.05, 0) is 19.8 Å². The third-order valence-electron chi connectivity index (χ3n) is 1.87. The van der Waals surface area contributed by atoms with Gasteiger partial charge in [0.25, 0.3) is 0 Å². The molecule has 1 aliphatic carbocycles. The molecular weight excluding hydrogens is 136 g/mol. The molecule has 2 heteroatoms. The van der Waals surface area contributed by atoms with E-state index in [1.165, 1.54) is 11.3 Å². The van der Waals surface area contributed by atoms with Gasteiger partial charge < -0.3 is 0 Å². The molecule has 0 unspecified atom stereocenters. The van der Waals surface area contributed by atoms with Gasteiger partial charge in [-0.2, -0.15) is 0 Å². The van der Waals surface area contributed by atoms with Gasteiger partial charge in [-0.3, -0.25) is 0 Å². The monoisotopic (exact) mass is 146 g/mol. The Morgan fingerprint density at radius 3 is 3.27 bits per heavy atom. The molecule has 0 atom stereocenters. The topological polar surface area (TPSA) is 25.8 Å². The molecular formula is C9H10N2. The molecule has 0 radical (unpaired) electrons. The Balaban J connectivity index is 2.53. The summed E-state index contributed by atoms with van der Waals surface area (Å²) in [5, 5.41) is 0. The summed E-state index contributed by atoms with van der Waals surface area (Å²) < 4.78 is 0. The lowest BCUT2D eigenvalue weighted by Gasteiger charge is -2.07. The molecule has 1 aliphatic rings. The van der Waals surface area contributed by atoms with E-state index in [0.717, 1.165) is 18.7 Å². The minimum Gasteiger partial charge on any atom is -0.241 e. The van der Waals surface area contributed by atoms with E-state index in [1.807, 2.05) is 13.1 Å². The summed E-state index contributed by atoms with van der Waals surface area (Å²) in [7, 11) is 0. The molecule has 56 valence electrons. The fourth-order valence-electron chi connectivity index (χ4n) is 1.30. The van der Waals surface area contributed by atoms with Crippen molar-refractivity contribution >= 4 is 6.08 Å². The highest BCUT2D eigenvalue weighted by Crippen LogP contribution is 2.15. The van der Waals surface area contributed by atoms with Crippen LogP contribution in [0.25, 0.3) is 6.08 Å². The van der Waals surface area contributed by atoms with Gasteiger partial charge >= 0.3 is 0 Å². The van der Waals surface area contributed by atoms with Crippen LogP contribution in [-0.4, -0.2) is 9.97 Å². The van der Waals surface area contributed by atoms with E-state index in [9.17, 15) is 0 Å². The van der Waals surface area contributed by atoms with Crippen LogP contribution in [0.2, 0.25) is 0 Å². The number of fused-ring (bicyclic) bond motifs is 1. The minimum absolute atomic E-state index is 0.874. The fourth-order valence-corrected chi connectivity index (χ4v) is 1.30. The molecule has 0 saturated carbocycles. The average Bonchev–Trinajstić information content (AvgIpc) is 2.04. The lowest BCUT2D eigenvalue weighted by atomic mass is 10.1. The van der Waals surface area contributed by atoms with Gasteiger partial charge in [-0.1, -0.05) is 12.2 Å². The van der Waals surface area contributed by atoms with E-state index < -0.39 is 0 Å². The first-order valence-corrected chi connectivity index (χ1v) is 3.85. The number of aryl methyl sites for hydroxylation is 2. The van der Waals surface area contributed by atoms with Crippen molar-refractivity contribution < 1.29 is 0 Å². The van der Waals surface area contributed by atoms with Crippen LogP contribution >= 0.6 is 0 Å². The van der Waals surface area contributed by atoms with Crippen LogP contribution in [0, 0.1) is 6.92 Å². The van der Waals surface area contributed by atoms with Gasteiger partial charge in [-0.15, -0.1) is 0 Å². The Kier molecular flexibility index (Phi) is 1.46. The Bertz CT molecular complexity index is 302. The zero-order valence-corrected chi connectivity index (χ0v) is 6.54. The normalized spacial score (nSPS) is 14.6. The summed E-state index contributed by atoms with van der Waals surface area (Å²) in [6.07, 6.45) is 8.34. The van der Waals surface area contributed by atoms with Crippen LogP contribution in [0.5, 0.6) is 0 Å². The number of rotatable bonds is 0. The second kappa shape index (κ2) is 2.46. The molecule has 1 heterocycles. The van der Waals surface area contributed by atoms with Crippen molar-refractivity contribution in [2.45, 2.75) is 19.8 Å². The molecule has 2 rings (SSSR count). The lowest BCUT2D eigenvalue weighted by molar-refractivity contribution is 0.883. The molecule has 11 heavy (non-hydrogen) atoms. The van der Waals surface area contributed by atoms with Gasteiger partial charge in [0, 0.05) is 11.8 Å². The Labute approximate surface area is 66.0 Å². The van der Waals surface area contributed by atoms with Crippen molar-refractivity contribution in [2.24, 2.45) is 0 Å². The number of hydrogen-bond acceptors (Lipinski definition) is 2. The van der Waals surface area contributed by atoms with Crippen LogP contribution in [0.3, 0.4) is 0 Å². The van der Waals surface area contributed by atoms with Crippen LogP contribution in [0.4, 0.5) is 0 Å². The summed E-state index contributed by atoms with van der Waals surface area (Å²) in [4.78, 5) is 8.48.